The highest BCUT2D eigenvalue weighted by molar-refractivity contribution is 5.96. The summed E-state index contributed by atoms with van der Waals surface area (Å²) < 4.78 is 18.5. The lowest BCUT2D eigenvalue weighted by molar-refractivity contribution is -0.144. The molecule has 2 aliphatic rings. The Balaban J connectivity index is 1.63. The van der Waals surface area contributed by atoms with E-state index in [1.807, 2.05) is 30.3 Å². The molecular weight excluding hydrogens is 495 g/mol. The lowest BCUT2D eigenvalue weighted by Gasteiger charge is -2.35. The Morgan fingerprint density at radius 2 is 1.87 bits per heavy atom. The van der Waals surface area contributed by atoms with Crippen LogP contribution in [0.2, 0.25) is 0 Å². The first-order chi connectivity index (χ1) is 18.3. The second-order valence-electron chi connectivity index (χ2n) is 9.78. The van der Waals surface area contributed by atoms with E-state index in [4.69, 9.17) is 15.9 Å². The van der Waals surface area contributed by atoms with E-state index in [9.17, 15) is 23.6 Å². The largest absolute Gasteiger partial charge is 0.445 e. The summed E-state index contributed by atoms with van der Waals surface area (Å²) in [4.78, 5) is 53.2. The zero-order valence-corrected chi connectivity index (χ0v) is 21.5. The number of likely N-dealkylation sites (tertiary alicyclic amines) is 1. The normalized spacial score (nSPS) is 18.9. The number of halogens is 1. The Hall–Kier alpha value is -3.70. The lowest BCUT2D eigenvalue weighted by Crippen LogP contribution is -2.61. The van der Waals surface area contributed by atoms with E-state index in [0.717, 1.165) is 18.4 Å². The predicted molar refractivity (Wildman–Crippen MR) is 138 cm³/mol. The molecule has 0 bridgehead atoms. The molecule has 1 aliphatic heterocycles. The first-order valence-electron chi connectivity index (χ1n) is 13.0. The Morgan fingerprint density at radius 1 is 1.16 bits per heavy atom. The average Bonchev–Trinajstić information content (AvgIpc) is 3.59. The van der Waals surface area contributed by atoms with Crippen molar-refractivity contribution in [2.45, 2.75) is 75.6 Å². The van der Waals surface area contributed by atoms with Gasteiger partial charge in [0.15, 0.2) is 11.7 Å². The molecule has 11 nitrogen and oxygen atoms in total. The van der Waals surface area contributed by atoms with Crippen LogP contribution in [0.25, 0.3) is 0 Å². The van der Waals surface area contributed by atoms with Crippen molar-refractivity contribution in [1.82, 2.24) is 20.9 Å². The molecule has 0 spiro atoms. The number of nitrogens with two attached hydrogens (primary N) is 1. The number of ether oxygens (including phenoxy) is 1. The third kappa shape index (κ3) is 7.65. The third-order valence-corrected chi connectivity index (χ3v) is 7.06. The second kappa shape index (κ2) is 13.7. The summed E-state index contributed by atoms with van der Waals surface area (Å²) in [6, 6.07) is 7.32. The highest BCUT2D eigenvalue weighted by Gasteiger charge is 2.49. The van der Waals surface area contributed by atoms with Crippen LogP contribution < -0.4 is 21.7 Å². The van der Waals surface area contributed by atoms with Crippen LogP contribution in [0.1, 0.15) is 56.9 Å². The number of ketones is 1. The van der Waals surface area contributed by atoms with Gasteiger partial charge in [0.1, 0.15) is 24.9 Å². The predicted octanol–water partition coefficient (Wildman–Crippen LogP) is 1.50. The zero-order chi connectivity index (χ0) is 27.5. The molecule has 1 saturated carbocycles. The molecule has 1 aliphatic carbocycles. The van der Waals surface area contributed by atoms with Crippen molar-refractivity contribution < 1.29 is 28.3 Å². The number of nitrogens with zero attached hydrogens (tertiary/aromatic N) is 1. The summed E-state index contributed by atoms with van der Waals surface area (Å²) >= 11 is 0. The van der Waals surface area contributed by atoms with Gasteiger partial charge < -0.3 is 31.3 Å². The van der Waals surface area contributed by atoms with E-state index in [1.165, 1.54) is 4.90 Å². The summed E-state index contributed by atoms with van der Waals surface area (Å²) in [5.74, 6) is -1.85. The molecule has 0 aromatic heterocycles. The molecule has 0 unspecified atom stereocenters. The van der Waals surface area contributed by atoms with Crippen LogP contribution in [0.5, 0.6) is 0 Å². The molecule has 38 heavy (non-hydrogen) atoms. The maximum absolute atomic E-state index is 13.8. The molecule has 3 amide bonds. The number of carbonyl (C=O) groups excluding carboxylic acids is 4. The standard InChI is InChI=1S/C26H37FN6O5/c27-16-21(34)19(10-6-14-30-24(28)29)31-22(35)20-11-7-15-33(20)23(36)26(12-4-5-13-26)32-25(37)38-17-18-8-2-1-3-9-18/h1-3,8-9,19-20H,4-7,10-17H2,(H,31,35)(H,32,37)(H4,28,29,30)/t19-,20-/m0/s1. The van der Waals surface area contributed by atoms with E-state index in [0.29, 0.717) is 45.2 Å². The van der Waals surface area contributed by atoms with Crippen LogP contribution in [0.4, 0.5) is 9.18 Å². The van der Waals surface area contributed by atoms with Crippen LogP contribution in [-0.2, 0) is 25.7 Å². The molecule has 6 N–H and O–H groups in total. The van der Waals surface area contributed by atoms with Crippen molar-refractivity contribution >= 4 is 29.7 Å². The molecule has 1 aromatic carbocycles. The zero-order valence-electron chi connectivity index (χ0n) is 21.5. The molecule has 0 radical (unpaired) electrons. The van der Waals surface area contributed by atoms with Crippen LogP contribution >= 0.6 is 0 Å². The van der Waals surface area contributed by atoms with Crippen molar-refractivity contribution in [3.05, 3.63) is 35.9 Å². The highest BCUT2D eigenvalue weighted by atomic mass is 19.1. The third-order valence-electron chi connectivity index (χ3n) is 7.06. The van der Waals surface area contributed by atoms with Crippen molar-refractivity contribution in [2.24, 2.45) is 5.73 Å². The van der Waals surface area contributed by atoms with Gasteiger partial charge in [0.2, 0.25) is 11.8 Å². The van der Waals surface area contributed by atoms with Gasteiger partial charge in [0, 0.05) is 13.1 Å². The van der Waals surface area contributed by atoms with E-state index in [2.05, 4.69) is 16.0 Å². The molecule has 3 rings (SSSR count). The maximum atomic E-state index is 13.8. The molecule has 1 aromatic rings. The van der Waals surface area contributed by atoms with Gasteiger partial charge in [-0.25, -0.2) is 9.18 Å². The van der Waals surface area contributed by atoms with Gasteiger partial charge in [-0.15, -0.1) is 0 Å². The van der Waals surface area contributed by atoms with Crippen molar-refractivity contribution in [1.29, 1.82) is 5.41 Å². The number of nitrogens with one attached hydrogen (secondary N) is 4. The number of guanidine groups is 1. The maximum Gasteiger partial charge on any atom is 0.408 e. The SMILES string of the molecule is N=C(N)NCCC[C@H](NC(=O)[C@@H]1CCCN1C(=O)C1(NC(=O)OCc2ccccc2)CCCC1)C(=O)CF. The molecule has 2 fully saturated rings. The Labute approximate surface area is 221 Å². The number of benzene rings is 1. The number of hydrogen-bond donors (Lipinski definition) is 5. The van der Waals surface area contributed by atoms with Gasteiger partial charge in [-0.1, -0.05) is 43.2 Å². The first-order valence-corrected chi connectivity index (χ1v) is 13.0. The molecule has 1 heterocycles. The van der Waals surface area contributed by atoms with Gasteiger partial charge in [0.05, 0.1) is 6.04 Å². The number of alkyl halides is 1. The van der Waals surface area contributed by atoms with Gasteiger partial charge in [-0.3, -0.25) is 19.8 Å². The summed E-state index contributed by atoms with van der Waals surface area (Å²) in [5, 5.41) is 15.2. The van der Waals surface area contributed by atoms with E-state index in [1.54, 1.807) is 0 Å². The number of carbonyl (C=O) groups is 4. The minimum absolute atomic E-state index is 0.0671. The molecule has 2 atom stereocenters. The number of rotatable bonds is 12. The topological polar surface area (TPSA) is 167 Å². The van der Waals surface area contributed by atoms with E-state index in [-0.39, 0.29) is 24.9 Å². The second-order valence-corrected chi connectivity index (χ2v) is 9.78. The van der Waals surface area contributed by atoms with Crippen LogP contribution in [0.3, 0.4) is 0 Å². The molecule has 208 valence electrons. The number of amides is 3. The van der Waals surface area contributed by atoms with Crippen LogP contribution in [0, 0.1) is 5.41 Å². The number of Topliss-reactive ketones (excluding diaryl/α,β-unsaturated/α-hetero) is 1. The van der Waals surface area contributed by atoms with Crippen molar-refractivity contribution in [3.8, 4) is 0 Å². The Morgan fingerprint density at radius 3 is 2.53 bits per heavy atom. The Kier molecular flexibility index (Phi) is 10.4. The quantitative estimate of drug-likeness (QED) is 0.154. The summed E-state index contributed by atoms with van der Waals surface area (Å²) in [6.45, 7) is -0.526. The van der Waals surface area contributed by atoms with Crippen molar-refractivity contribution in [3.63, 3.8) is 0 Å². The number of alkyl carbamates (subject to hydrolysis) is 1. The fourth-order valence-corrected chi connectivity index (χ4v) is 5.09. The van der Waals surface area contributed by atoms with Crippen molar-refractivity contribution in [2.75, 3.05) is 19.8 Å². The summed E-state index contributed by atoms with van der Waals surface area (Å²) in [7, 11) is 0. The van der Waals surface area contributed by atoms with E-state index < -0.39 is 42.1 Å². The molecule has 12 heteroatoms. The fraction of sp³-hybridized carbons (Fsp3) is 0.577. The first kappa shape index (κ1) is 28.9. The monoisotopic (exact) mass is 532 g/mol. The van der Waals surface area contributed by atoms with Crippen LogP contribution in [-0.4, -0.2) is 71.9 Å². The number of hydrogen-bond acceptors (Lipinski definition) is 6. The lowest BCUT2D eigenvalue weighted by atomic mass is 9.95. The van der Waals surface area contributed by atoms with E-state index >= 15 is 0 Å². The average molecular weight is 533 g/mol. The van der Waals surface area contributed by atoms with Gasteiger partial charge in [0.25, 0.3) is 0 Å². The molecule has 1 saturated heterocycles. The minimum atomic E-state index is -1.23. The fourth-order valence-electron chi connectivity index (χ4n) is 5.09. The summed E-state index contributed by atoms with van der Waals surface area (Å²) in [6.07, 6.45) is 3.18. The smallest absolute Gasteiger partial charge is 0.408 e. The molecular formula is C26H37FN6O5. The van der Waals surface area contributed by atoms with Gasteiger partial charge in [-0.2, -0.15) is 0 Å². The minimum Gasteiger partial charge on any atom is -0.445 e. The van der Waals surface area contributed by atoms with Gasteiger partial charge in [-0.05, 0) is 44.1 Å². The Bertz CT molecular complexity index is 1000. The summed E-state index contributed by atoms with van der Waals surface area (Å²) in [5.41, 5.74) is 4.90. The highest BCUT2D eigenvalue weighted by Crippen LogP contribution is 2.34. The van der Waals surface area contributed by atoms with Crippen LogP contribution in [0.15, 0.2) is 30.3 Å². The van der Waals surface area contributed by atoms with Gasteiger partial charge >= 0.3 is 6.09 Å².